The van der Waals surface area contributed by atoms with Gasteiger partial charge in [-0.15, -0.1) is 0 Å². The van der Waals surface area contributed by atoms with Crippen LogP contribution in [0.3, 0.4) is 0 Å². The Bertz CT molecular complexity index is 408. The van der Waals surface area contributed by atoms with Crippen molar-refractivity contribution < 1.29 is 4.79 Å². The largest absolute Gasteiger partial charge is 0.342 e. The Labute approximate surface area is 110 Å². The minimum absolute atomic E-state index is 0.178. The second-order valence-electron chi connectivity index (χ2n) is 6.21. The summed E-state index contributed by atoms with van der Waals surface area (Å²) in [5.41, 5.74) is 2.62. The molecule has 2 rings (SSSR count). The molecule has 0 saturated carbocycles. The fraction of sp³-hybridized carbons (Fsp3) is 0.562. The number of benzene rings is 1. The van der Waals surface area contributed by atoms with Gasteiger partial charge in [0.2, 0.25) is 5.91 Å². The quantitative estimate of drug-likeness (QED) is 0.784. The fourth-order valence-electron chi connectivity index (χ4n) is 2.38. The predicted octanol–water partition coefficient (Wildman–Crippen LogP) is 3.15. The summed E-state index contributed by atoms with van der Waals surface area (Å²) in [5.74, 6) is 0.274. The van der Waals surface area contributed by atoms with E-state index in [1.165, 1.54) is 5.56 Å². The van der Waals surface area contributed by atoms with Crippen molar-refractivity contribution in [3.63, 3.8) is 0 Å². The predicted molar refractivity (Wildman–Crippen MR) is 74.7 cm³/mol. The minimum atomic E-state index is 0.178. The molecule has 1 fully saturated rings. The molecule has 0 unspecified atom stereocenters. The highest BCUT2D eigenvalue weighted by atomic mass is 16.2. The van der Waals surface area contributed by atoms with Crippen LogP contribution in [0.2, 0.25) is 0 Å². The van der Waals surface area contributed by atoms with E-state index in [1.807, 2.05) is 4.90 Å². The monoisotopic (exact) mass is 245 g/mol. The Morgan fingerprint density at radius 2 is 1.67 bits per heavy atom. The number of carbonyl (C=O) groups is 1. The molecule has 1 saturated heterocycles. The molecule has 0 N–H and O–H groups in total. The van der Waals surface area contributed by atoms with Gasteiger partial charge in [-0.05, 0) is 29.4 Å². The zero-order valence-corrected chi connectivity index (χ0v) is 11.7. The maximum absolute atomic E-state index is 12.0. The van der Waals surface area contributed by atoms with Crippen LogP contribution in [0, 0.1) is 0 Å². The van der Waals surface area contributed by atoms with E-state index in [4.69, 9.17) is 0 Å². The van der Waals surface area contributed by atoms with E-state index in [9.17, 15) is 4.79 Å². The molecule has 0 spiro atoms. The lowest BCUT2D eigenvalue weighted by Crippen LogP contribution is -2.29. The Kier molecular flexibility index (Phi) is 3.74. The van der Waals surface area contributed by atoms with Crippen molar-refractivity contribution in [2.45, 2.75) is 45.4 Å². The summed E-state index contributed by atoms with van der Waals surface area (Å²) in [4.78, 5) is 14.0. The van der Waals surface area contributed by atoms with E-state index >= 15 is 0 Å². The van der Waals surface area contributed by atoms with Gasteiger partial charge in [0.05, 0.1) is 6.42 Å². The van der Waals surface area contributed by atoms with Gasteiger partial charge in [0.15, 0.2) is 0 Å². The minimum Gasteiger partial charge on any atom is -0.342 e. The molecule has 1 aromatic carbocycles. The Balaban J connectivity index is 2.00. The number of amides is 1. The average molecular weight is 245 g/mol. The molecule has 1 aliphatic heterocycles. The molecule has 1 aliphatic rings. The van der Waals surface area contributed by atoms with E-state index in [1.54, 1.807) is 0 Å². The molecule has 0 aromatic heterocycles. The van der Waals surface area contributed by atoms with Crippen molar-refractivity contribution in [3.8, 4) is 0 Å². The molecular formula is C16H23NO. The van der Waals surface area contributed by atoms with Crippen LogP contribution in [0.1, 0.15) is 44.7 Å². The molecular weight excluding hydrogens is 222 g/mol. The van der Waals surface area contributed by atoms with Crippen molar-refractivity contribution in [2.75, 3.05) is 13.1 Å². The highest BCUT2D eigenvalue weighted by molar-refractivity contribution is 5.79. The smallest absolute Gasteiger partial charge is 0.226 e. The van der Waals surface area contributed by atoms with Crippen LogP contribution in [-0.4, -0.2) is 23.9 Å². The number of rotatable bonds is 2. The number of hydrogen-bond donors (Lipinski definition) is 0. The van der Waals surface area contributed by atoms with Gasteiger partial charge in [-0.25, -0.2) is 0 Å². The van der Waals surface area contributed by atoms with E-state index in [0.29, 0.717) is 6.42 Å². The highest BCUT2D eigenvalue weighted by Crippen LogP contribution is 2.22. The molecule has 18 heavy (non-hydrogen) atoms. The van der Waals surface area contributed by atoms with Gasteiger partial charge in [0.25, 0.3) is 0 Å². The second-order valence-corrected chi connectivity index (χ2v) is 6.21. The summed E-state index contributed by atoms with van der Waals surface area (Å²) in [6.07, 6.45) is 2.87. The summed E-state index contributed by atoms with van der Waals surface area (Å²) in [6.45, 7) is 8.50. The van der Waals surface area contributed by atoms with Crippen LogP contribution >= 0.6 is 0 Å². The molecule has 1 heterocycles. The first-order chi connectivity index (χ1) is 8.47. The number of likely N-dealkylation sites (tertiary alicyclic amines) is 1. The van der Waals surface area contributed by atoms with Gasteiger partial charge in [0.1, 0.15) is 0 Å². The first kappa shape index (κ1) is 13.1. The molecule has 1 aromatic rings. The SMILES string of the molecule is CC(C)(C)c1ccc(CC(=O)N2CCCC2)cc1. The Morgan fingerprint density at radius 1 is 1.11 bits per heavy atom. The molecule has 0 aliphatic carbocycles. The maximum atomic E-state index is 12.0. The lowest BCUT2D eigenvalue weighted by atomic mass is 9.86. The number of nitrogens with zero attached hydrogens (tertiary/aromatic N) is 1. The zero-order chi connectivity index (χ0) is 13.2. The van der Waals surface area contributed by atoms with Crippen molar-refractivity contribution in [3.05, 3.63) is 35.4 Å². The van der Waals surface area contributed by atoms with Crippen LogP contribution < -0.4 is 0 Å². The molecule has 0 bridgehead atoms. The highest BCUT2D eigenvalue weighted by Gasteiger charge is 2.18. The molecule has 98 valence electrons. The molecule has 0 atom stereocenters. The van der Waals surface area contributed by atoms with Crippen LogP contribution in [-0.2, 0) is 16.6 Å². The van der Waals surface area contributed by atoms with E-state index < -0.39 is 0 Å². The van der Waals surface area contributed by atoms with Crippen molar-refractivity contribution in [2.24, 2.45) is 0 Å². The summed E-state index contributed by atoms with van der Waals surface area (Å²) in [5, 5.41) is 0. The van der Waals surface area contributed by atoms with E-state index in [0.717, 1.165) is 31.5 Å². The van der Waals surface area contributed by atoms with Crippen LogP contribution in [0.4, 0.5) is 0 Å². The number of carbonyl (C=O) groups excluding carboxylic acids is 1. The summed E-state index contributed by atoms with van der Waals surface area (Å²) < 4.78 is 0. The normalized spacial score (nSPS) is 16.1. The van der Waals surface area contributed by atoms with Gasteiger partial charge in [-0.3, -0.25) is 4.79 Å². The summed E-state index contributed by atoms with van der Waals surface area (Å²) >= 11 is 0. The van der Waals surface area contributed by atoms with Crippen molar-refractivity contribution in [1.82, 2.24) is 4.90 Å². The third-order valence-corrected chi connectivity index (χ3v) is 3.63. The van der Waals surface area contributed by atoms with E-state index in [2.05, 4.69) is 45.0 Å². The fourth-order valence-corrected chi connectivity index (χ4v) is 2.38. The van der Waals surface area contributed by atoms with Crippen LogP contribution in [0.15, 0.2) is 24.3 Å². The average Bonchev–Trinajstić information content (AvgIpc) is 2.82. The summed E-state index contributed by atoms with van der Waals surface area (Å²) in [7, 11) is 0. The van der Waals surface area contributed by atoms with Gasteiger partial charge in [-0.2, -0.15) is 0 Å². The Hall–Kier alpha value is -1.31. The first-order valence-corrected chi connectivity index (χ1v) is 6.84. The third-order valence-electron chi connectivity index (χ3n) is 3.63. The first-order valence-electron chi connectivity index (χ1n) is 6.84. The second kappa shape index (κ2) is 5.13. The zero-order valence-electron chi connectivity index (χ0n) is 11.7. The topological polar surface area (TPSA) is 20.3 Å². The van der Waals surface area contributed by atoms with Gasteiger partial charge in [-0.1, -0.05) is 45.0 Å². The standard InChI is InChI=1S/C16H23NO/c1-16(2,3)14-8-6-13(7-9-14)12-15(18)17-10-4-5-11-17/h6-9H,4-5,10-12H2,1-3H3. The Morgan fingerprint density at radius 3 is 2.17 bits per heavy atom. The van der Waals surface area contributed by atoms with Gasteiger partial charge < -0.3 is 4.90 Å². The van der Waals surface area contributed by atoms with Crippen molar-refractivity contribution in [1.29, 1.82) is 0 Å². The maximum Gasteiger partial charge on any atom is 0.226 e. The van der Waals surface area contributed by atoms with Crippen LogP contribution in [0.25, 0.3) is 0 Å². The van der Waals surface area contributed by atoms with Crippen LogP contribution in [0.5, 0.6) is 0 Å². The molecule has 0 radical (unpaired) electrons. The van der Waals surface area contributed by atoms with Gasteiger partial charge >= 0.3 is 0 Å². The lowest BCUT2D eigenvalue weighted by molar-refractivity contribution is -0.129. The third kappa shape index (κ3) is 3.12. The lowest BCUT2D eigenvalue weighted by Gasteiger charge is -2.19. The molecule has 2 nitrogen and oxygen atoms in total. The molecule has 1 amide bonds. The summed E-state index contributed by atoms with van der Waals surface area (Å²) in [6, 6.07) is 8.47. The van der Waals surface area contributed by atoms with E-state index in [-0.39, 0.29) is 11.3 Å². The van der Waals surface area contributed by atoms with Gasteiger partial charge in [0, 0.05) is 13.1 Å². The number of hydrogen-bond acceptors (Lipinski definition) is 1. The molecule has 2 heteroatoms. The van der Waals surface area contributed by atoms with Crippen molar-refractivity contribution >= 4 is 5.91 Å².